The molecule has 1 aromatic carbocycles. The highest BCUT2D eigenvalue weighted by Crippen LogP contribution is 2.39. The third-order valence-electron chi connectivity index (χ3n) is 1.45. The van der Waals surface area contributed by atoms with Crippen LogP contribution in [0.1, 0.15) is 5.56 Å². The van der Waals surface area contributed by atoms with Crippen LogP contribution in [0.2, 0.25) is 5.02 Å². The molecule has 6 heteroatoms. The number of hydrazine groups is 1. The fourth-order valence-electron chi connectivity index (χ4n) is 0.933. The molecule has 0 saturated heterocycles. The highest BCUT2D eigenvalue weighted by molar-refractivity contribution is 6.31. The zero-order valence-corrected chi connectivity index (χ0v) is 7.08. The molecule has 0 aliphatic rings. The minimum Gasteiger partial charge on any atom is -0.323 e. The summed E-state index contributed by atoms with van der Waals surface area (Å²) < 4.78 is 36.9. The molecule has 13 heavy (non-hydrogen) atoms. The van der Waals surface area contributed by atoms with Crippen LogP contribution >= 0.6 is 11.6 Å². The molecule has 0 unspecified atom stereocenters. The van der Waals surface area contributed by atoms with E-state index in [4.69, 9.17) is 17.4 Å². The van der Waals surface area contributed by atoms with E-state index in [-0.39, 0.29) is 10.7 Å². The molecule has 0 saturated carbocycles. The molecule has 3 N–H and O–H groups in total. The predicted molar refractivity (Wildman–Crippen MR) is 44.3 cm³/mol. The summed E-state index contributed by atoms with van der Waals surface area (Å²) in [6.07, 6.45) is -4.50. The van der Waals surface area contributed by atoms with Gasteiger partial charge in [-0.25, -0.2) is 0 Å². The number of anilines is 1. The van der Waals surface area contributed by atoms with E-state index in [0.29, 0.717) is 0 Å². The number of rotatable bonds is 1. The van der Waals surface area contributed by atoms with E-state index in [1.807, 2.05) is 5.43 Å². The van der Waals surface area contributed by atoms with Gasteiger partial charge in [0.25, 0.3) is 0 Å². The zero-order valence-electron chi connectivity index (χ0n) is 6.32. The first-order valence-corrected chi connectivity index (χ1v) is 3.67. The van der Waals surface area contributed by atoms with Gasteiger partial charge in [-0.05, 0) is 12.1 Å². The Morgan fingerprint density at radius 2 is 1.92 bits per heavy atom. The smallest absolute Gasteiger partial charge is 0.323 e. The number of hydrogen-bond donors (Lipinski definition) is 2. The maximum Gasteiger partial charge on any atom is 0.419 e. The molecule has 72 valence electrons. The Morgan fingerprint density at radius 1 is 1.31 bits per heavy atom. The second-order valence-corrected chi connectivity index (χ2v) is 2.71. The van der Waals surface area contributed by atoms with Crippen LogP contribution < -0.4 is 11.3 Å². The molecular weight excluding hydrogens is 205 g/mol. The van der Waals surface area contributed by atoms with E-state index >= 15 is 0 Å². The third-order valence-corrected chi connectivity index (χ3v) is 1.77. The van der Waals surface area contributed by atoms with Crippen LogP contribution in [0, 0.1) is 0 Å². The molecule has 0 amide bonds. The van der Waals surface area contributed by atoms with Gasteiger partial charge in [-0.1, -0.05) is 17.7 Å². The highest BCUT2D eigenvalue weighted by atomic mass is 35.5. The number of nitrogen functional groups attached to an aromatic ring is 1. The van der Waals surface area contributed by atoms with Gasteiger partial charge >= 0.3 is 6.18 Å². The quantitative estimate of drug-likeness (QED) is 0.552. The SMILES string of the molecule is NNc1cccc(Cl)c1C(F)(F)F. The van der Waals surface area contributed by atoms with Crippen molar-refractivity contribution in [1.29, 1.82) is 0 Å². The average Bonchev–Trinajstić information content (AvgIpc) is 2.01. The Hall–Kier alpha value is -0.940. The van der Waals surface area contributed by atoms with Gasteiger partial charge in [0.15, 0.2) is 0 Å². The van der Waals surface area contributed by atoms with E-state index in [0.717, 1.165) is 6.07 Å². The molecular formula is C7H6ClF3N2. The van der Waals surface area contributed by atoms with Crippen molar-refractivity contribution < 1.29 is 13.2 Å². The van der Waals surface area contributed by atoms with Gasteiger partial charge in [0, 0.05) is 0 Å². The minimum atomic E-state index is -4.50. The molecule has 0 atom stereocenters. The molecule has 0 aromatic heterocycles. The van der Waals surface area contributed by atoms with Crippen molar-refractivity contribution >= 4 is 17.3 Å². The molecule has 0 spiro atoms. The van der Waals surface area contributed by atoms with E-state index in [9.17, 15) is 13.2 Å². The lowest BCUT2D eigenvalue weighted by Gasteiger charge is -2.13. The summed E-state index contributed by atoms with van der Waals surface area (Å²) in [5.41, 5.74) is 0.757. The predicted octanol–water partition coefficient (Wildman–Crippen LogP) is 2.64. The van der Waals surface area contributed by atoms with Crippen LogP contribution in [0.25, 0.3) is 0 Å². The van der Waals surface area contributed by atoms with E-state index in [1.165, 1.54) is 12.1 Å². The fourth-order valence-corrected chi connectivity index (χ4v) is 1.21. The van der Waals surface area contributed by atoms with Gasteiger partial charge in [0.2, 0.25) is 0 Å². The molecule has 0 radical (unpaired) electrons. The number of alkyl halides is 3. The van der Waals surface area contributed by atoms with Crippen molar-refractivity contribution in [1.82, 2.24) is 0 Å². The number of nitrogens with two attached hydrogens (primary N) is 1. The van der Waals surface area contributed by atoms with Crippen LogP contribution in [-0.4, -0.2) is 0 Å². The second kappa shape index (κ2) is 3.43. The van der Waals surface area contributed by atoms with Crippen molar-refractivity contribution in [2.24, 2.45) is 5.84 Å². The Morgan fingerprint density at radius 3 is 2.31 bits per heavy atom. The van der Waals surface area contributed by atoms with Crippen molar-refractivity contribution in [2.45, 2.75) is 6.18 Å². The summed E-state index contributed by atoms with van der Waals surface area (Å²) in [6, 6.07) is 3.74. The number of benzene rings is 1. The van der Waals surface area contributed by atoms with Crippen molar-refractivity contribution in [3.8, 4) is 0 Å². The zero-order chi connectivity index (χ0) is 10.1. The largest absolute Gasteiger partial charge is 0.419 e. The number of halogens is 4. The van der Waals surface area contributed by atoms with E-state index in [1.54, 1.807) is 0 Å². The normalized spacial score (nSPS) is 11.5. The number of hydrogen-bond acceptors (Lipinski definition) is 2. The Kier molecular flexibility index (Phi) is 2.68. The first kappa shape index (κ1) is 10.1. The molecule has 2 nitrogen and oxygen atoms in total. The van der Waals surface area contributed by atoms with Gasteiger partial charge in [-0.3, -0.25) is 5.84 Å². The first-order valence-electron chi connectivity index (χ1n) is 3.29. The Labute approximate surface area is 77.5 Å². The highest BCUT2D eigenvalue weighted by Gasteiger charge is 2.35. The van der Waals surface area contributed by atoms with Gasteiger partial charge < -0.3 is 5.43 Å². The lowest BCUT2D eigenvalue weighted by atomic mass is 10.2. The van der Waals surface area contributed by atoms with Gasteiger partial charge in [-0.15, -0.1) is 0 Å². The van der Waals surface area contributed by atoms with Gasteiger partial charge in [0.05, 0.1) is 16.3 Å². The fraction of sp³-hybridized carbons (Fsp3) is 0.143. The van der Waals surface area contributed by atoms with Crippen LogP contribution in [0.15, 0.2) is 18.2 Å². The summed E-state index contributed by atoms with van der Waals surface area (Å²) in [4.78, 5) is 0. The average molecular weight is 211 g/mol. The van der Waals surface area contributed by atoms with E-state index < -0.39 is 11.7 Å². The topological polar surface area (TPSA) is 38.0 Å². The molecule has 0 aliphatic carbocycles. The first-order chi connectivity index (χ1) is 5.96. The summed E-state index contributed by atoms with van der Waals surface area (Å²) in [5, 5.41) is -0.372. The summed E-state index contributed by atoms with van der Waals surface area (Å²) in [6.45, 7) is 0. The van der Waals surface area contributed by atoms with Crippen LogP contribution in [-0.2, 0) is 6.18 Å². The molecule has 0 heterocycles. The lowest BCUT2D eigenvalue weighted by Crippen LogP contribution is -2.15. The number of nitrogens with one attached hydrogen (secondary N) is 1. The standard InChI is InChI=1S/C7H6ClF3N2/c8-4-2-1-3-5(13-12)6(4)7(9,10)11/h1-3,13H,12H2. The summed E-state index contributed by atoms with van der Waals surface area (Å²) in [5.74, 6) is 4.91. The summed E-state index contributed by atoms with van der Waals surface area (Å²) >= 11 is 5.38. The van der Waals surface area contributed by atoms with Crippen LogP contribution in [0.3, 0.4) is 0 Å². The minimum absolute atomic E-state index is 0.236. The van der Waals surface area contributed by atoms with Gasteiger partial charge in [0.1, 0.15) is 0 Å². The molecule has 0 bridgehead atoms. The third kappa shape index (κ3) is 2.05. The maximum absolute atomic E-state index is 12.3. The Balaban J connectivity index is 3.32. The van der Waals surface area contributed by atoms with Crippen molar-refractivity contribution in [3.05, 3.63) is 28.8 Å². The molecule has 0 fully saturated rings. The Bertz CT molecular complexity index is 311. The molecule has 0 aliphatic heterocycles. The van der Waals surface area contributed by atoms with Crippen LogP contribution in [0.4, 0.5) is 18.9 Å². The van der Waals surface area contributed by atoms with E-state index in [2.05, 4.69) is 0 Å². The monoisotopic (exact) mass is 210 g/mol. The van der Waals surface area contributed by atoms with Crippen LogP contribution in [0.5, 0.6) is 0 Å². The van der Waals surface area contributed by atoms with Crippen molar-refractivity contribution in [3.63, 3.8) is 0 Å². The van der Waals surface area contributed by atoms with Crippen molar-refractivity contribution in [2.75, 3.05) is 5.43 Å². The maximum atomic E-state index is 12.3. The molecule has 1 aromatic rings. The summed E-state index contributed by atoms with van der Waals surface area (Å²) in [7, 11) is 0. The second-order valence-electron chi connectivity index (χ2n) is 2.30. The molecule has 1 rings (SSSR count). The lowest BCUT2D eigenvalue weighted by molar-refractivity contribution is -0.136. The van der Waals surface area contributed by atoms with Gasteiger partial charge in [-0.2, -0.15) is 13.2 Å².